The van der Waals surface area contributed by atoms with Crippen LogP contribution in [-0.4, -0.2) is 26.3 Å². The minimum atomic E-state index is -3.65. The SMILES string of the molecule is C/C(=N\NC(=O)c1ccccc1N(Cc1ccccc1)S(C)(=O)=O)c1ccc(Cl)cc1. The van der Waals surface area contributed by atoms with Gasteiger partial charge in [-0.2, -0.15) is 5.10 Å². The molecule has 0 aliphatic rings. The van der Waals surface area contributed by atoms with E-state index < -0.39 is 15.9 Å². The van der Waals surface area contributed by atoms with Crippen LogP contribution in [0.2, 0.25) is 5.02 Å². The normalized spacial score (nSPS) is 11.8. The number of benzene rings is 3. The summed E-state index contributed by atoms with van der Waals surface area (Å²) in [5, 5.41) is 4.76. The minimum Gasteiger partial charge on any atom is -0.267 e. The minimum absolute atomic E-state index is 0.108. The predicted octanol–water partition coefficient (Wildman–Crippen LogP) is 4.46. The molecule has 0 spiro atoms. The van der Waals surface area contributed by atoms with Gasteiger partial charge in [0.25, 0.3) is 5.91 Å². The molecule has 0 saturated heterocycles. The molecule has 3 rings (SSSR count). The van der Waals surface area contributed by atoms with Gasteiger partial charge in [0.1, 0.15) is 0 Å². The van der Waals surface area contributed by atoms with Crippen LogP contribution in [0.5, 0.6) is 0 Å². The van der Waals surface area contributed by atoms with Crippen molar-refractivity contribution in [1.29, 1.82) is 0 Å². The van der Waals surface area contributed by atoms with E-state index in [0.29, 0.717) is 10.7 Å². The van der Waals surface area contributed by atoms with E-state index >= 15 is 0 Å². The summed E-state index contributed by atoms with van der Waals surface area (Å²) < 4.78 is 26.3. The number of para-hydroxylation sites is 1. The van der Waals surface area contributed by atoms with Crippen LogP contribution in [-0.2, 0) is 16.6 Å². The van der Waals surface area contributed by atoms with E-state index in [2.05, 4.69) is 10.5 Å². The Morgan fingerprint density at radius 1 is 0.968 bits per heavy atom. The second-order valence-electron chi connectivity index (χ2n) is 6.92. The van der Waals surface area contributed by atoms with E-state index in [1.165, 1.54) is 4.31 Å². The molecule has 1 N–H and O–H groups in total. The second-order valence-corrected chi connectivity index (χ2v) is 9.26. The predicted molar refractivity (Wildman–Crippen MR) is 125 cm³/mol. The van der Waals surface area contributed by atoms with Gasteiger partial charge in [0.05, 0.1) is 29.8 Å². The quantitative estimate of drug-likeness (QED) is 0.422. The molecule has 160 valence electrons. The van der Waals surface area contributed by atoms with Crippen molar-refractivity contribution in [2.24, 2.45) is 5.10 Å². The number of hydrazone groups is 1. The fourth-order valence-electron chi connectivity index (χ4n) is 2.96. The number of sulfonamides is 1. The van der Waals surface area contributed by atoms with Gasteiger partial charge >= 0.3 is 0 Å². The van der Waals surface area contributed by atoms with Gasteiger partial charge in [-0.15, -0.1) is 0 Å². The van der Waals surface area contributed by atoms with Crippen molar-refractivity contribution >= 4 is 38.9 Å². The first-order valence-corrected chi connectivity index (χ1v) is 11.7. The Morgan fingerprint density at radius 2 is 1.58 bits per heavy atom. The largest absolute Gasteiger partial charge is 0.273 e. The van der Waals surface area contributed by atoms with Crippen LogP contribution >= 0.6 is 11.6 Å². The number of hydrogen-bond acceptors (Lipinski definition) is 4. The summed E-state index contributed by atoms with van der Waals surface area (Å²) in [5.74, 6) is -0.509. The van der Waals surface area contributed by atoms with Crippen molar-refractivity contribution in [3.63, 3.8) is 0 Å². The molecule has 0 radical (unpaired) electrons. The molecule has 6 nitrogen and oxygen atoms in total. The van der Waals surface area contributed by atoms with Crippen molar-refractivity contribution in [3.8, 4) is 0 Å². The lowest BCUT2D eigenvalue weighted by atomic mass is 10.1. The van der Waals surface area contributed by atoms with E-state index in [1.54, 1.807) is 55.5 Å². The van der Waals surface area contributed by atoms with E-state index in [9.17, 15) is 13.2 Å². The number of halogens is 1. The number of amides is 1. The van der Waals surface area contributed by atoms with E-state index in [1.807, 2.05) is 30.3 Å². The van der Waals surface area contributed by atoms with Crippen LogP contribution in [0.4, 0.5) is 5.69 Å². The van der Waals surface area contributed by atoms with Crippen LogP contribution in [0.25, 0.3) is 0 Å². The van der Waals surface area contributed by atoms with Crippen molar-refractivity contribution in [3.05, 3.63) is 101 Å². The molecule has 1 amide bonds. The van der Waals surface area contributed by atoms with Crippen LogP contribution in [0, 0.1) is 0 Å². The fraction of sp³-hybridized carbons (Fsp3) is 0.130. The van der Waals surface area contributed by atoms with Crippen molar-refractivity contribution in [2.75, 3.05) is 10.6 Å². The Morgan fingerprint density at radius 3 is 2.23 bits per heavy atom. The van der Waals surface area contributed by atoms with Crippen LogP contribution in [0.3, 0.4) is 0 Å². The summed E-state index contributed by atoms with van der Waals surface area (Å²) in [5.41, 5.74) is 5.21. The maximum absolute atomic E-state index is 12.9. The fourth-order valence-corrected chi connectivity index (χ4v) is 3.99. The van der Waals surface area contributed by atoms with Crippen molar-refractivity contribution < 1.29 is 13.2 Å². The molecular formula is C23H22ClN3O3S. The summed E-state index contributed by atoms with van der Waals surface area (Å²) in [6.07, 6.45) is 1.12. The Kier molecular flexibility index (Phi) is 7.09. The molecule has 0 aromatic heterocycles. The van der Waals surface area contributed by atoms with E-state index in [-0.39, 0.29) is 17.8 Å². The molecule has 3 aromatic carbocycles. The molecule has 31 heavy (non-hydrogen) atoms. The monoisotopic (exact) mass is 455 g/mol. The second kappa shape index (κ2) is 9.76. The molecule has 0 fully saturated rings. The lowest BCUT2D eigenvalue weighted by molar-refractivity contribution is 0.0955. The number of hydrogen-bond donors (Lipinski definition) is 1. The van der Waals surface area contributed by atoms with Crippen molar-refractivity contribution in [1.82, 2.24) is 5.43 Å². The number of carbonyl (C=O) groups is 1. The van der Waals surface area contributed by atoms with Gasteiger partial charge in [0.2, 0.25) is 10.0 Å². The number of rotatable bonds is 7. The van der Waals surface area contributed by atoms with Crippen molar-refractivity contribution in [2.45, 2.75) is 13.5 Å². The van der Waals surface area contributed by atoms with Gasteiger partial charge in [-0.3, -0.25) is 9.10 Å². The molecule has 0 heterocycles. The first kappa shape index (κ1) is 22.5. The number of carbonyl (C=O) groups excluding carboxylic acids is 1. The summed E-state index contributed by atoms with van der Waals surface area (Å²) in [7, 11) is -3.65. The topological polar surface area (TPSA) is 78.8 Å². The summed E-state index contributed by atoms with van der Waals surface area (Å²) in [6, 6.07) is 22.8. The van der Waals surface area contributed by atoms with Gasteiger partial charge < -0.3 is 0 Å². The highest BCUT2D eigenvalue weighted by Gasteiger charge is 2.23. The highest BCUT2D eigenvalue weighted by molar-refractivity contribution is 7.92. The molecule has 0 unspecified atom stereocenters. The third-order valence-electron chi connectivity index (χ3n) is 4.57. The summed E-state index contributed by atoms with van der Waals surface area (Å²) in [4.78, 5) is 12.9. The van der Waals surface area contributed by atoms with Crippen LogP contribution < -0.4 is 9.73 Å². The Balaban J connectivity index is 1.89. The zero-order valence-electron chi connectivity index (χ0n) is 17.1. The van der Waals surface area contributed by atoms with E-state index in [0.717, 1.165) is 17.4 Å². The average Bonchev–Trinajstić information content (AvgIpc) is 2.76. The van der Waals surface area contributed by atoms with Gasteiger partial charge in [-0.05, 0) is 42.3 Å². The Labute approximate surface area is 187 Å². The lowest BCUT2D eigenvalue weighted by Gasteiger charge is -2.24. The zero-order valence-corrected chi connectivity index (χ0v) is 18.7. The summed E-state index contributed by atoms with van der Waals surface area (Å²) in [6.45, 7) is 1.87. The molecule has 0 bridgehead atoms. The molecule has 3 aromatic rings. The third-order valence-corrected chi connectivity index (χ3v) is 5.95. The molecule has 0 saturated carbocycles. The highest BCUT2D eigenvalue weighted by Crippen LogP contribution is 2.25. The molecule has 0 atom stereocenters. The zero-order chi connectivity index (χ0) is 22.4. The summed E-state index contributed by atoms with van der Waals surface area (Å²) >= 11 is 5.90. The maximum Gasteiger partial charge on any atom is 0.273 e. The molecule has 0 aliphatic heterocycles. The van der Waals surface area contributed by atoms with Gasteiger partial charge in [-0.1, -0.05) is 66.2 Å². The average molecular weight is 456 g/mol. The first-order chi connectivity index (χ1) is 14.8. The number of anilines is 1. The Bertz CT molecular complexity index is 1190. The molecule has 8 heteroatoms. The van der Waals surface area contributed by atoms with Crippen LogP contribution in [0.1, 0.15) is 28.4 Å². The smallest absolute Gasteiger partial charge is 0.267 e. The molecule has 0 aliphatic carbocycles. The highest BCUT2D eigenvalue weighted by atomic mass is 35.5. The lowest BCUT2D eigenvalue weighted by Crippen LogP contribution is -2.32. The third kappa shape index (κ3) is 5.93. The number of nitrogens with zero attached hydrogens (tertiary/aromatic N) is 2. The number of nitrogens with one attached hydrogen (secondary N) is 1. The van der Waals surface area contributed by atoms with Gasteiger partial charge in [0.15, 0.2) is 0 Å². The first-order valence-electron chi connectivity index (χ1n) is 9.47. The maximum atomic E-state index is 12.9. The van der Waals surface area contributed by atoms with E-state index in [4.69, 9.17) is 11.6 Å². The molecular weight excluding hydrogens is 434 g/mol. The van der Waals surface area contributed by atoms with Gasteiger partial charge in [0, 0.05) is 5.02 Å². The van der Waals surface area contributed by atoms with Gasteiger partial charge in [-0.25, -0.2) is 13.8 Å². The Hall–Kier alpha value is -3.16. The van der Waals surface area contributed by atoms with Crippen LogP contribution in [0.15, 0.2) is 84.0 Å². The standard InChI is InChI=1S/C23H22ClN3O3S/c1-17(19-12-14-20(24)15-13-19)25-26-23(28)21-10-6-7-11-22(21)27(31(2,29)30)16-18-8-4-3-5-9-18/h3-15H,16H2,1-2H3,(H,26,28)/b25-17+.